The smallest absolute Gasteiger partial charge is 0.133 e. The summed E-state index contributed by atoms with van der Waals surface area (Å²) in [5, 5.41) is 6.59. The fourth-order valence-electron chi connectivity index (χ4n) is 2.50. The number of anilines is 2. The third-order valence-electron chi connectivity index (χ3n) is 3.53. The lowest BCUT2D eigenvalue weighted by molar-refractivity contribution is 0.0368. The van der Waals surface area contributed by atoms with Crippen LogP contribution < -0.4 is 10.6 Å². The first-order valence-corrected chi connectivity index (χ1v) is 7.83. The normalized spacial score (nSPS) is 17.5. The molecule has 21 heavy (non-hydrogen) atoms. The summed E-state index contributed by atoms with van der Waals surface area (Å²) in [7, 11) is 1.89. The van der Waals surface area contributed by atoms with Crippen LogP contribution in [0.15, 0.2) is 6.07 Å². The lowest BCUT2D eigenvalue weighted by atomic mass is 10.2. The van der Waals surface area contributed by atoms with Crippen LogP contribution in [0.3, 0.4) is 0 Å². The first kappa shape index (κ1) is 16.0. The van der Waals surface area contributed by atoms with Crippen molar-refractivity contribution in [3.05, 3.63) is 11.9 Å². The van der Waals surface area contributed by atoms with Gasteiger partial charge in [-0.3, -0.25) is 4.90 Å². The summed E-state index contributed by atoms with van der Waals surface area (Å²) in [4.78, 5) is 11.5. The summed E-state index contributed by atoms with van der Waals surface area (Å²) in [5.74, 6) is 2.67. The van der Waals surface area contributed by atoms with Gasteiger partial charge >= 0.3 is 0 Å². The van der Waals surface area contributed by atoms with E-state index in [0.29, 0.717) is 6.04 Å². The SMILES string of the molecule is CCCc1nc(NC)cc(NC(C)CN2CCOCC2)n1. The first-order chi connectivity index (χ1) is 10.2. The molecule has 0 spiro atoms. The second-order valence-corrected chi connectivity index (χ2v) is 5.51. The summed E-state index contributed by atoms with van der Waals surface area (Å²) in [6, 6.07) is 2.31. The fourth-order valence-corrected chi connectivity index (χ4v) is 2.50. The Kier molecular flexibility index (Phi) is 6.20. The zero-order valence-corrected chi connectivity index (χ0v) is 13.4. The van der Waals surface area contributed by atoms with Crippen LogP contribution in [0, 0.1) is 0 Å². The maximum absolute atomic E-state index is 5.38. The number of aryl methyl sites for hydroxylation is 1. The number of morpholine rings is 1. The van der Waals surface area contributed by atoms with E-state index < -0.39 is 0 Å². The number of nitrogens with zero attached hydrogens (tertiary/aromatic N) is 3. The molecular weight excluding hydrogens is 266 g/mol. The number of hydrogen-bond donors (Lipinski definition) is 2. The van der Waals surface area contributed by atoms with Gasteiger partial charge in [-0.15, -0.1) is 0 Å². The molecule has 0 radical (unpaired) electrons. The molecule has 1 atom stereocenters. The molecule has 2 heterocycles. The van der Waals surface area contributed by atoms with Gasteiger partial charge in [0.05, 0.1) is 13.2 Å². The van der Waals surface area contributed by atoms with Gasteiger partial charge in [0.25, 0.3) is 0 Å². The summed E-state index contributed by atoms with van der Waals surface area (Å²) >= 11 is 0. The Balaban J connectivity index is 1.95. The van der Waals surface area contributed by atoms with Crippen molar-refractivity contribution in [3.63, 3.8) is 0 Å². The lowest BCUT2D eigenvalue weighted by Crippen LogP contribution is -2.42. The van der Waals surface area contributed by atoms with Crippen LogP contribution in [0.2, 0.25) is 0 Å². The Morgan fingerprint density at radius 2 is 2.00 bits per heavy atom. The predicted octanol–water partition coefficient (Wildman–Crippen LogP) is 1.60. The second-order valence-electron chi connectivity index (χ2n) is 5.51. The van der Waals surface area contributed by atoms with E-state index in [0.717, 1.165) is 63.1 Å². The summed E-state index contributed by atoms with van der Waals surface area (Å²) < 4.78 is 5.38. The molecule has 1 saturated heterocycles. The quantitative estimate of drug-likeness (QED) is 0.796. The molecule has 1 aromatic rings. The van der Waals surface area contributed by atoms with E-state index in [1.807, 2.05) is 13.1 Å². The molecule has 0 aromatic carbocycles. The molecule has 0 aliphatic carbocycles. The predicted molar refractivity (Wildman–Crippen MR) is 85.9 cm³/mol. The molecule has 1 fully saturated rings. The van der Waals surface area contributed by atoms with E-state index in [4.69, 9.17) is 4.74 Å². The highest BCUT2D eigenvalue weighted by Gasteiger charge is 2.14. The van der Waals surface area contributed by atoms with Crippen LogP contribution in [0.25, 0.3) is 0 Å². The van der Waals surface area contributed by atoms with E-state index in [2.05, 4.69) is 39.3 Å². The zero-order valence-electron chi connectivity index (χ0n) is 13.4. The minimum absolute atomic E-state index is 0.345. The minimum atomic E-state index is 0.345. The van der Waals surface area contributed by atoms with Crippen molar-refractivity contribution in [1.82, 2.24) is 14.9 Å². The topological polar surface area (TPSA) is 62.3 Å². The molecular formula is C15H27N5O. The molecule has 6 heteroatoms. The van der Waals surface area contributed by atoms with E-state index in [9.17, 15) is 0 Å². The van der Waals surface area contributed by atoms with Gasteiger partial charge in [0, 0.05) is 45.2 Å². The third kappa shape index (κ3) is 5.13. The Bertz CT molecular complexity index is 434. The maximum atomic E-state index is 5.38. The molecule has 2 rings (SSSR count). The van der Waals surface area contributed by atoms with Gasteiger partial charge in [-0.2, -0.15) is 0 Å². The maximum Gasteiger partial charge on any atom is 0.133 e. The van der Waals surface area contributed by atoms with E-state index in [1.54, 1.807) is 0 Å². The van der Waals surface area contributed by atoms with Crippen molar-refractivity contribution in [1.29, 1.82) is 0 Å². The molecule has 0 saturated carbocycles. The Morgan fingerprint density at radius 1 is 1.29 bits per heavy atom. The van der Waals surface area contributed by atoms with Gasteiger partial charge in [0.15, 0.2) is 0 Å². The van der Waals surface area contributed by atoms with E-state index in [-0.39, 0.29) is 0 Å². The van der Waals surface area contributed by atoms with Crippen LogP contribution in [-0.2, 0) is 11.2 Å². The van der Waals surface area contributed by atoms with Crippen molar-refractivity contribution in [2.75, 3.05) is 50.5 Å². The zero-order chi connectivity index (χ0) is 15.1. The number of ether oxygens (including phenoxy) is 1. The van der Waals surface area contributed by atoms with Crippen molar-refractivity contribution < 1.29 is 4.74 Å². The van der Waals surface area contributed by atoms with Crippen molar-refractivity contribution >= 4 is 11.6 Å². The third-order valence-corrected chi connectivity index (χ3v) is 3.53. The first-order valence-electron chi connectivity index (χ1n) is 7.83. The Morgan fingerprint density at radius 3 is 2.67 bits per heavy atom. The van der Waals surface area contributed by atoms with Crippen LogP contribution in [-0.4, -0.2) is 60.8 Å². The standard InChI is InChI=1S/C15H27N5O/c1-4-5-13-18-14(16-3)10-15(19-13)17-12(2)11-20-6-8-21-9-7-20/h10,12H,4-9,11H2,1-3H3,(H2,16,17,18,19). The highest BCUT2D eigenvalue weighted by molar-refractivity contribution is 5.47. The Labute approximate surface area is 127 Å². The Hall–Kier alpha value is -1.40. The van der Waals surface area contributed by atoms with Gasteiger partial charge in [-0.25, -0.2) is 9.97 Å². The molecule has 1 aliphatic heterocycles. The van der Waals surface area contributed by atoms with Gasteiger partial charge < -0.3 is 15.4 Å². The minimum Gasteiger partial charge on any atom is -0.379 e. The average molecular weight is 293 g/mol. The van der Waals surface area contributed by atoms with Gasteiger partial charge in [-0.1, -0.05) is 6.92 Å². The molecule has 118 valence electrons. The highest BCUT2D eigenvalue weighted by atomic mass is 16.5. The molecule has 1 aromatic heterocycles. The second kappa shape index (κ2) is 8.14. The van der Waals surface area contributed by atoms with Crippen LogP contribution in [0.1, 0.15) is 26.1 Å². The van der Waals surface area contributed by atoms with Gasteiger partial charge in [0.1, 0.15) is 17.5 Å². The highest BCUT2D eigenvalue weighted by Crippen LogP contribution is 2.13. The lowest BCUT2D eigenvalue weighted by Gasteiger charge is -2.29. The van der Waals surface area contributed by atoms with Crippen molar-refractivity contribution in [3.8, 4) is 0 Å². The van der Waals surface area contributed by atoms with Gasteiger partial charge in [0.2, 0.25) is 0 Å². The molecule has 6 nitrogen and oxygen atoms in total. The monoisotopic (exact) mass is 293 g/mol. The molecule has 2 N–H and O–H groups in total. The molecule has 0 amide bonds. The summed E-state index contributed by atoms with van der Waals surface area (Å²) in [5.41, 5.74) is 0. The number of rotatable bonds is 7. The molecule has 1 unspecified atom stereocenters. The van der Waals surface area contributed by atoms with Crippen molar-refractivity contribution in [2.24, 2.45) is 0 Å². The summed E-state index contributed by atoms with van der Waals surface area (Å²) in [6.45, 7) is 9.04. The summed E-state index contributed by atoms with van der Waals surface area (Å²) in [6.07, 6.45) is 1.96. The van der Waals surface area contributed by atoms with E-state index in [1.165, 1.54) is 0 Å². The average Bonchev–Trinajstić information content (AvgIpc) is 2.48. The molecule has 0 bridgehead atoms. The molecule has 1 aliphatic rings. The number of aromatic nitrogens is 2. The van der Waals surface area contributed by atoms with Gasteiger partial charge in [-0.05, 0) is 13.3 Å². The fraction of sp³-hybridized carbons (Fsp3) is 0.733. The van der Waals surface area contributed by atoms with Crippen LogP contribution in [0.5, 0.6) is 0 Å². The van der Waals surface area contributed by atoms with Crippen molar-refractivity contribution in [2.45, 2.75) is 32.7 Å². The number of hydrogen-bond acceptors (Lipinski definition) is 6. The van der Waals surface area contributed by atoms with Crippen LogP contribution >= 0.6 is 0 Å². The number of nitrogens with one attached hydrogen (secondary N) is 2. The largest absolute Gasteiger partial charge is 0.379 e. The van der Waals surface area contributed by atoms with E-state index >= 15 is 0 Å². The van der Waals surface area contributed by atoms with Crippen LogP contribution in [0.4, 0.5) is 11.6 Å².